The second kappa shape index (κ2) is 12.4. The highest BCUT2D eigenvalue weighted by Gasteiger charge is 2.28. The molecule has 1 amide bonds. The minimum atomic E-state index is -3.84. The van der Waals surface area contributed by atoms with Crippen LogP contribution in [0.25, 0.3) is 0 Å². The number of hydrogen-bond donors (Lipinski definition) is 0. The Bertz CT molecular complexity index is 931. The predicted molar refractivity (Wildman–Crippen MR) is 122 cm³/mol. The van der Waals surface area contributed by atoms with Gasteiger partial charge in [-0.25, -0.2) is 8.42 Å². The van der Waals surface area contributed by atoms with Gasteiger partial charge >= 0.3 is 0 Å². The molecule has 1 heterocycles. The number of hydrogen-bond acceptors (Lipinski definition) is 5. The second-order valence-corrected chi connectivity index (χ2v) is 9.91. The molecule has 1 aromatic carbocycles. The first kappa shape index (κ1) is 25.5. The van der Waals surface area contributed by atoms with Crippen LogP contribution >= 0.6 is 15.9 Å². The Hall–Kier alpha value is -1.72. The molecule has 8 nitrogen and oxygen atoms in total. The monoisotopic (exact) mass is 515 g/mol. The van der Waals surface area contributed by atoms with Crippen molar-refractivity contribution in [3.05, 3.63) is 52.8 Å². The zero-order valence-electron chi connectivity index (χ0n) is 18.2. The van der Waals surface area contributed by atoms with Crippen LogP contribution in [0.2, 0.25) is 0 Å². The molecule has 0 bridgehead atoms. The highest BCUT2D eigenvalue weighted by molar-refractivity contribution is 9.10. The van der Waals surface area contributed by atoms with Crippen molar-refractivity contribution in [3.63, 3.8) is 0 Å². The lowest BCUT2D eigenvalue weighted by Gasteiger charge is -2.27. The van der Waals surface area contributed by atoms with E-state index in [1.54, 1.807) is 31.3 Å². The Balaban J connectivity index is 2.24. The number of benzene rings is 1. The molecule has 1 aromatic heterocycles. The quantitative estimate of drug-likeness (QED) is 0.383. The van der Waals surface area contributed by atoms with Crippen molar-refractivity contribution in [1.82, 2.24) is 13.8 Å². The van der Waals surface area contributed by atoms with Gasteiger partial charge in [-0.1, -0.05) is 15.9 Å². The standard InChI is InChI=1S/C21H30BrN3O5S/c1-23-11-4-6-19(23)16-24(13-15-30-3)21(26)17-25(12-5-14-29-2)31(27,28)20-9-7-18(22)8-10-20/h4,6-11H,5,12-17H2,1-3H3. The van der Waals surface area contributed by atoms with Gasteiger partial charge in [-0.3, -0.25) is 4.79 Å². The van der Waals surface area contributed by atoms with Crippen LogP contribution in [0.1, 0.15) is 12.1 Å². The molecule has 0 N–H and O–H groups in total. The van der Waals surface area contributed by atoms with Crippen molar-refractivity contribution in [2.75, 3.05) is 47.1 Å². The van der Waals surface area contributed by atoms with Crippen LogP contribution in [0.3, 0.4) is 0 Å². The summed E-state index contributed by atoms with van der Waals surface area (Å²) in [5.41, 5.74) is 0.950. The number of carbonyl (C=O) groups excluding carboxylic acids is 1. The van der Waals surface area contributed by atoms with Gasteiger partial charge in [0, 0.05) is 57.3 Å². The second-order valence-electron chi connectivity index (χ2n) is 7.06. The van der Waals surface area contributed by atoms with Crippen LogP contribution in [0.15, 0.2) is 52.0 Å². The highest BCUT2D eigenvalue weighted by Crippen LogP contribution is 2.19. The summed E-state index contributed by atoms with van der Waals surface area (Å²) in [5, 5.41) is 0. The molecule has 0 saturated carbocycles. The zero-order chi connectivity index (χ0) is 22.9. The normalized spacial score (nSPS) is 11.8. The van der Waals surface area contributed by atoms with Gasteiger partial charge < -0.3 is 18.9 Å². The summed E-state index contributed by atoms with van der Waals surface area (Å²) in [4.78, 5) is 14.9. The Morgan fingerprint density at radius 2 is 1.74 bits per heavy atom. The van der Waals surface area contributed by atoms with E-state index >= 15 is 0 Å². The van der Waals surface area contributed by atoms with Gasteiger partial charge in [-0.05, 0) is 42.8 Å². The van der Waals surface area contributed by atoms with Crippen LogP contribution in [-0.2, 0) is 37.9 Å². The van der Waals surface area contributed by atoms with Crippen LogP contribution in [-0.4, -0.2) is 75.2 Å². The van der Waals surface area contributed by atoms with Crippen molar-refractivity contribution in [3.8, 4) is 0 Å². The Labute approximate surface area is 192 Å². The maximum absolute atomic E-state index is 13.3. The third-order valence-electron chi connectivity index (χ3n) is 4.84. The average molecular weight is 516 g/mol. The Morgan fingerprint density at radius 3 is 2.32 bits per heavy atom. The van der Waals surface area contributed by atoms with Gasteiger partial charge in [-0.15, -0.1) is 0 Å². The number of halogens is 1. The van der Waals surface area contributed by atoms with E-state index in [0.717, 1.165) is 10.2 Å². The molecule has 31 heavy (non-hydrogen) atoms. The maximum atomic E-state index is 13.3. The highest BCUT2D eigenvalue weighted by atomic mass is 79.9. The Morgan fingerprint density at radius 1 is 1.06 bits per heavy atom. The summed E-state index contributed by atoms with van der Waals surface area (Å²) >= 11 is 3.32. The molecule has 0 spiro atoms. The summed E-state index contributed by atoms with van der Waals surface area (Å²) in [6, 6.07) is 10.2. The number of methoxy groups -OCH3 is 2. The minimum absolute atomic E-state index is 0.145. The molecule has 2 aromatic rings. The molecule has 0 aliphatic carbocycles. The van der Waals surface area contributed by atoms with E-state index in [1.807, 2.05) is 29.9 Å². The minimum Gasteiger partial charge on any atom is -0.385 e. The van der Waals surface area contributed by atoms with Crippen molar-refractivity contribution >= 4 is 31.9 Å². The number of carbonyl (C=O) groups is 1. The van der Waals surface area contributed by atoms with E-state index in [2.05, 4.69) is 15.9 Å². The number of nitrogens with zero attached hydrogens (tertiary/aromatic N) is 3. The van der Waals surface area contributed by atoms with Crippen molar-refractivity contribution in [2.45, 2.75) is 17.9 Å². The molecule has 172 valence electrons. The molecule has 10 heteroatoms. The fraction of sp³-hybridized carbons (Fsp3) is 0.476. The van der Waals surface area contributed by atoms with E-state index in [9.17, 15) is 13.2 Å². The van der Waals surface area contributed by atoms with Gasteiger partial charge in [0.2, 0.25) is 15.9 Å². The molecule has 0 aliphatic heterocycles. The predicted octanol–water partition coefficient (Wildman–Crippen LogP) is 2.49. The topological polar surface area (TPSA) is 81.1 Å². The molecule has 0 saturated heterocycles. The van der Waals surface area contributed by atoms with Crippen molar-refractivity contribution < 1.29 is 22.7 Å². The van der Waals surface area contributed by atoms with E-state index < -0.39 is 10.0 Å². The Kier molecular flexibility index (Phi) is 10.2. The number of amides is 1. The van der Waals surface area contributed by atoms with E-state index in [1.165, 1.54) is 16.4 Å². The number of ether oxygens (including phenoxy) is 2. The molecular weight excluding hydrogens is 486 g/mol. The summed E-state index contributed by atoms with van der Waals surface area (Å²) < 4.78 is 40.7. The average Bonchev–Trinajstić information content (AvgIpc) is 3.15. The lowest BCUT2D eigenvalue weighted by molar-refractivity contribution is -0.132. The number of rotatable bonds is 13. The smallest absolute Gasteiger partial charge is 0.243 e. The number of aromatic nitrogens is 1. The summed E-state index contributed by atoms with van der Waals surface area (Å²) in [6.07, 6.45) is 2.39. The molecule has 0 radical (unpaired) electrons. The number of aryl methyl sites for hydroxylation is 1. The zero-order valence-corrected chi connectivity index (χ0v) is 20.6. The summed E-state index contributed by atoms with van der Waals surface area (Å²) in [6.45, 7) is 1.42. The molecule has 0 unspecified atom stereocenters. The molecular formula is C21H30BrN3O5S. The lowest BCUT2D eigenvalue weighted by atomic mass is 10.3. The van der Waals surface area contributed by atoms with Gasteiger partial charge in [0.15, 0.2) is 0 Å². The van der Waals surface area contributed by atoms with Gasteiger partial charge in [0.25, 0.3) is 0 Å². The third-order valence-corrected chi connectivity index (χ3v) is 7.23. The number of sulfonamides is 1. The van der Waals surface area contributed by atoms with E-state index in [4.69, 9.17) is 9.47 Å². The lowest BCUT2D eigenvalue weighted by Crippen LogP contribution is -2.44. The van der Waals surface area contributed by atoms with Crippen molar-refractivity contribution in [2.24, 2.45) is 7.05 Å². The van der Waals surface area contributed by atoms with E-state index in [0.29, 0.717) is 32.7 Å². The maximum Gasteiger partial charge on any atom is 0.243 e. The fourth-order valence-corrected chi connectivity index (χ4v) is 4.72. The van der Waals surface area contributed by atoms with E-state index in [-0.39, 0.29) is 23.9 Å². The summed E-state index contributed by atoms with van der Waals surface area (Å²) in [5.74, 6) is -0.281. The van der Waals surface area contributed by atoms with Crippen LogP contribution in [0.5, 0.6) is 0 Å². The SMILES string of the molecule is COCCCN(CC(=O)N(CCOC)Cc1cccn1C)S(=O)(=O)c1ccc(Br)cc1. The third kappa shape index (κ3) is 7.43. The first-order valence-corrected chi connectivity index (χ1v) is 12.1. The summed E-state index contributed by atoms with van der Waals surface area (Å²) in [7, 11) is 1.19. The van der Waals surface area contributed by atoms with Crippen molar-refractivity contribution in [1.29, 1.82) is 0 Å². The molecule has 0 atom stereocenters. The van der Waals surface area contributed by atoms with Gasteiger partial charge in [0.05, 0.1) is 24.6 Å². The molecule has 0 fully saturated rings. The largest absolute Gasteiger partial charge is 0.385 e. The van der Waals surface area contributed by atoms with Gasteiger partial charge in [0.1, 0.15) is 0 Å². The van der Waals surface area contributed by atoms with Crippen LogP contribution in [0, 0.1) is 0 Å². The molecule has 2 rings (SSSR count). The first-order valence-electron chi connectivity index (χ1n) is 9.91. The first-order chi connectivity index (χ1) is 14.8. The molecule has 0 aliphatic rings. The van der Waals surface area contributed by atoms with Crippen LogP contribution < -0.4 is 0 Å². The van der Waals surface area contributed by atoms with Crippen LogP contribution in [0.4, 0.5) is 0 Å². The fourth-order valence-electron chi connectivity index (χ4n) is 3.03. The van der Waals surface area contributed by atoms with Gasteiger partial charge in [-0.2, -0.15) is 4.31 Å².